The number of carbonyl (C=O) groups excluding carboxylic acids is 2. The molecule has 0 radical (unpaired) electrons. The maximum atomic E-state index is 13.3. The normalized spacial score (nSPS) is 12.7. The smallest absolute Gasteiger partial charge is 0.325 e. The number of aliphatic carboxylic acids is 1. The van der Waals surface area contributed by atoms with Gasteiger partial charge in [0.05, 0.1) is 4.88 Å². The highest BCUT2D eigenvalue weighted by Crippen LogP contribution is 2.31. The summed E-state index contributed by atoms with van der Waals surface area (Å²) in [6.45, 7) is 11.9. The van der Waals surface area contributed by atoms with Gasteiger partial charge in [-0.1, -0.05) is 87.5 Å². The van der Waals surface area contributed by atoms with Gasteiger partial charge < -0.3 is 10.4 Å². The number of aryl methyl sites for hydroxylation is 2. The third-order valence-electron chi connectivity index (χ3n) is 8.56. The van der Waals surface area contributed by atoms with Crippen molar-refractivity contribution in [3.8, 4) is 33.6 Å². The number of aromatic nitrogens is 2. The molecule has 0 spiro atoms. The average molecular weight is 660 g/mol. The molecular formula is C40H41N3O4S. The van der Waals surface area contributed by atoms with Crippen molar-refractivity contribution < 1.29 is 19.5 Å². The number of nitrogens with zero attached hydrogens (tertiary/aromatic N) is 2. The van der Waals surface area contributed by atoms with Crippen LogP contribution in [-0.2, 0) is 21.4 Å². The van der Waals surface area contributed by atoms with Crippen LogP contribution in [0.4, 0.5) is 0 Å². The standard InChI is InChI=1S/C40H41N3O4S/c1-24-7-10-31(19-25(24)2)28-13-15-29(16-14-28)33-22-41-37(42-23-33)30-11-8-27(9-12-30)20-32(38(45)43-26(3)39(46)47)21-34(44)35-17-18-36(48-35)40(4,5)6/h7-19,22-23,26,32H,20-21H2,1-6H3,(H,43,45)(H,46,47)/t26-,32-/m1/s1. The minimum atomic E-state index is -1.13. The van der Waals surface area contributed by atoms with Gasteiger partial charge in [0.25, 0.3) is 0 Å². The van der Waals surface area contributed by atoms with Gasteiger partial charge in [0.15, 0.2) is 11.6 Å². The monoisotopic (exact) mass is 659 g/mol. The highest BCUT2D eigenvalue weighted by atomic mass is 32.1. The van der Waals surface area contributed by atoms with E-state index in [-0.39, 0.29) is 24.0 Å². The van der Waals surface area contributed by atoms with E-state index in [9.17, 15) is 19.5 Å². The zero-order chi connectivity index (χ0) is 34.6. The molecular weight excluding hydrogens is 619 g/mol. The molecule has 5 rings (SSSR count). The van der Waals surface area contributed by atoms with Crippen molar-refractivity contribution in [3.63, 3.8) is 0 Å². The zero-order valence-electron chi connectivity index (χ0n) is 28.2. The van der Waals surface area contributed by atoms with Gasteiger partial charge in [-0.25, -0.2) is 9.97 Å². The van der Waals surface area contributed by atoms with Crippen LogP contribution in [0.25, 0.3) is 33.6 Å². The number of nitrogens with one attached hydrogen (secondary N) is 1. The van der Waals surface area contributed by atoms with Crippen LogP contribution in [0.3, 0.4) is 0 Å². The fraction of sp³-hybridized carbons (Fsp3) is 0.275. The van der Waals surface area contributed by atoms with Crippen LogP contribution in [-0.4, -0.2) is 38.8 Å². The van der Waals surface area contributed by atoms with Crippen molar-refractivity contribution in [1.29, 1.82) is 0 Å². The SMILES string of the molecule is Cc1ccc(-c2ccc(-c3cnc(-c4ccc(C[C@H](CC(=O)c5ccc(C(C)(C)C)s5)C(=O)N[C@H](C)C(=O)O)cc4)nc3)cc2)cc1C. The van der Waals surface area contributed by atoms with Crippen molar-refractivity contribution >= 4 is 29.0 Å². The Morgan fingerprint density at radius 1 is 0.771 bits per heavy atom. The topological polar surface area (TPSA) is 109 Å². The second-order valence-electron chi connectivity index (χ2n) is 13.4. The van der Waals surface area contributed by atoms with Gasteiger partial charge in [-0.3, -0.25) is 14.4 Å². The van der Waals surface area contributed by atoms with Crippen LogP contribution in [0.2, 0.25) is 0 Å². The first-order valence-corrected chi connectivity index (χ1v) is 16.9. The first-order chi connectivity index (χ1) is 22.8. The van der Waals surface area contributed by atoms with Gasteiger partial charge in [-0.05, 0) is 78.1 Å². The summed E-state index contributed by atoms with van der Waals surface area (Å²) < 4.78 is 0. The summed E-state index contributed by atoms with van der Waals surface area (Å²) in [6, 6.07) is 25.1. The van der Waals surface area contributed by atoms with Crippen molar-refractivity contribution in [2.24, 2.45) is 5.92 Å². The number of amides is 1. The number of hydrogen-bond donors (Lipinski definition) is 2. The Kier molecular flexibility index (Phi) is 10.3. The minimum absolute atomic E-state index is 0.0275. The molecule has 0 aliphatic rings. The summed E-state index contributed by atoms with van der Waals surface area (Å²) in [6.07, 6.45) is 3.87. The molecule has 48 heavy (non-hydrogen) atoms. The number of carboxylic acids is 1. The van der Waals surface area contributed by atoms with E-state index in [0.29, 0.717) is 10.7 Å². The largest absolute Gasteiger partial charge is 0.480 e. The Hall–Kier alpha value is -4.95. The van der Waals surface area contributed by atoms with Crippen LogP contribution in [0.5, 0.6) is 0 Å². The van der Waals surface area contributed by atoms with Crippen LogP contribution in [0, 0.1) is 19.8 Å². The maximum absolute atomic E-state index is 13.3. The minimum Gasteiger partial charge on any atom is -0.480 e. The molecule has 3 aromatic carbocycles. The van der Waals surface area contributed by atoms with E-state index >= 15 is 0 Å². The molecule has 8 heteroatoms. The van der Waals surface area contributed by atoms with E-state index in [2.05, 4.69) is 92.4 Å². The average Bonchev–Trinajstić information content (AvgIpc) is 3.58. The molecule has 2 aromatic heterocycles. The molecule has 0 unspecified atom stereocenters. The van der Waals surface area contributed by atoms with Crippen LogP contribution in [0.15, 0.2) is 91.3 Å². The van der Waals surface area contributed by atoms with E-state index in [1.807, 2.05) is 48.8 Å². The maximum Gasteiger partial charge on any atom is 0.325 e. The Morgan fingerprint density at radius 3 is 1.92 bits per heavy atom. The fourth-order valence-corrected chi connectivity index (χ4v) is 6.35. The molecule has 2 N–H and O–H groups in total. The molecule has 2 heterocycles. The van der Waals surface area contributed by atoms with E-state index in [0.717, 1.165) is 32.7 Å². The van der Waals surface area contributed by atoms with Gasteiger partial charge in [-0.2, -0.15) is 0 Å². The van der Waals surface area contributed by atoms with Gasteiger partial charge in [0.1, 0.15) is 6.04 Å². The summed E-state index contributed by atoms with van der Waals surface area (Å²) in [7, 11) is 0. The first-order valence-electron chi connectivity index (χ1n) is 16.0. The Labute approximate surface area is 286 Å². The number of carboxylic acid groups (broad SMARTS) is 1. The summed E-state index contributed by atoms with van der Waals surface area (Å²) in [5.74, 6) is -1.89. The fourth-order valence-electron chi connectivity index (χ4n) is 5.34. The number of carbonyl (C=O) groups is 3. The zero-order valence-corrected chi connectivity index (χ0v) is 29.0. The predicted octanol–water partition coefficient (Wildman–Crippen LogP) is 8.47. The second-order valence-corrected chi connectivity index (χ2v) is 14.5. The molecule has 2 atom stereocenters. The summed E-state index contributed by atoms with van der Waals surface area (Å²) in [5, 5.41) is 11.9. The quantitative estimate of drug-likeness (QED) is 0.138. The lowest BCUT2D eigenvalue weighted by Gasteiger charge is -2.18. The van der Waals surface area contributed by atoms with Crippen LogP contribution in [0.1, 0.15) is 65.4 Å². The molecule has 0 bridgehead atoms. The molecule has 0 fully saturated rings. The highest BCUT2D eigenvalue weighted by Gasteiger charge is 2.27. The van der Waals surface area contributed by atoms with E-state index in [4.69, 9.17) is 0 Å². The van der Waals surface area contributed by atoms with Crippen molar-refractivity contribution in [3.05, 3.63) is 118 Å². The van der Waals surface area contributed by atoms with Crippen molar-refractivity contribution in [2.45, 2.75) is 65.8 Å². The third kappa shape index (κ3) is 8.30. The molecule has 0 aliphatic carbocycles. The molecule has 0 saturated carbocycles. The summed E-state index contributed by atoms with van der Waals surface area (Å²) in [4.78, 5) is 48.8. The highest BCUT2D eigenvalue weighted by molar-refractivity contribution is 7.14. The van der Waals surface area contributed by atoms with Gasteiger partial charge in [-0.15, -0.1) is 11.3 Å². The lowest BCUT2D eigenvalue weighted by Crippen LogP contribution is -2.42. The lowest BCUT2D eigenvalue weighted by molar-refractivity contribution is -0.141. The third-order valence-corrected chi connectivity index (χ3v) is 10.1. The van der Waals surface area contributed by atoms with Gasteiger partial charge >= 0.3 is 5.97 Å². The molecule has 0 saturated heterocycles. The summed E-state index contributed by atoms with van der Waals surface area (Å²) in [5.41, 5.74) is 8.40. The Balaban J connectivity index is 1.28. The second kappa shape index (κ2) is 14.4. The van der Waals surface area contributed by atoms with E-state index in [1.165, 1.54) is 35.0 Å². The Bertz CT molecular complexity index is 1920. The molecule has 5 aromatic rings. The number of ketones is 1. The lowest BCUT2D eigenvalue weighted by atomic mass is 9.92. The predicted molar refractivity (Wildman–Crippen MR) is 192 cm³/mol. The Morgan fingerprint density at radius 2 is 1.35 bits per heavy atom. The van der Waals surface area contributed by atoms with Gasteiger partial charge in [0, 0.05) is 40.7 Å². The van der Waals surface area contributed by atoms with E-state index < -0.39 is 23.8 Å². The van der Waals surface area contributed by atoms with Crippen LogP contribution < -0.4 is 5.32 Å². The number of rotatable bonds is 11. The van der Waals surface area contributed by atoms with Gasteiger partial charge in [0.2, 0.25) is 5.91 Å². The van der Waals surface area contributed by atoms with Crippen molar-refractivity contribution in [2.75, 3.05) is 0 Å². The number of Topliss-reactive ketones (excluding diaryl/α,β-unsaturated/α-hetero) is 1. The number of thiophene rings is 1. The molecule has 246 valence electrons. The summed E-state index contributed by atoms with van der Waals surface area (Å²) >= 11 is 1.44. The molecule has 7 nitrogen and oxygen atoms in total. The number of hydrogen-bond acceptors (Lipinski definition) is 6. The van der Waals surface area contributed by atoms with E-state index in [1.54, 1.807) is 0 Å². The van der Waals surface area contributed by atoms with Crippen LogP contribution >= 0.6 is 11.3 Å². The first kappa shape index (κ1) is 34.4. The molecule has 1 amide bonds. The number of benzene rings is 3. The van der Waals surface area contributed by atoms with Crippen molar-refractivity contribution in [1.82, 2.24) is 15.3 Å². The molecule has 0 aliphatic heterocycles.